The number of hydrogen-bond donors (Lipinski definition) is 0. The Morgan fingerprint density at radius 3 is 1.96 bits per heavy atom. The van der Waals surface area contributed by atoms with Gasteiger partial charge in [-0.15, -0.1) is 0 Å². The molecule has 28 heavy (non-hydrogen) atoms. The summed E-state index contributed by atoms with van der Waals surface area (Å²) in [6, 6.07) is 8.81. The van der Waals surface area contributed by atoms with Crippen LogP contribution in [0.4, 0.5) is 17.6 Å². The molecule has 3 rings (SSSR count). The van der Waals surface area contributed by atoms with Crippen molar-refractivity contribution in [2.75, 3.05) is 0 Å². The van der Waals surface area contributed by atoms with Crippen molar-refractivity contribution in [3.63, 3.8) is 0 Å². The molecule has 0 aromatic heterocycles. The second kappa shape index (κ2) is 9.45. The highest BCUT2D eigenvalue weighted by Gasteiger charge is 2.34. The van der Waals surface area contributed by atoms with E-state index >= 15 is 0 Å². The SMILES string of the molecule is Cc1ccc(CCC2CCC(C3CCC(/C(F)=C/C(F)(F)F)CC3)CC2)cc1. The fraction of sp³-hybridized carbons (Fsp3) is 0.667. The second-order valence-electron chi connectivity index (χ2n) is 8.99. The van der Waals surface area contributed by atoms with Crippen molar-refractivity contribution in [3.05, 3.63) is 47.3 Å². The Hall–Kier alpha value is -1.32. The van der Waals surface area contributed by atoms with Gasteiger partial charge in [0.15, 0.2) is 0 Å². The second-order valence-corrected chi connectivity index (χ2v) is 8.99. The van der Waals surface area contributed by atoms with Gasteiger partial charge in [-0.25, -0.2) is 4.39 Å². The lowest BCUT2D eigenvalue weighted by atomic mass is 9.68. The van der Waals surface area contributed by atoms with Crippen LogP contribution in [0.1, 0.15) is 68.9 Å². The van der Waals surface area contributed by atoms with Gasteiger partial charge in [0.1, 0.15) is 5.83 Å². The van der Waals surface area contributed by atoms with Crippen LogP contribution in [0.15, 0.2) is 36.2 Å². The predicted molar refractivity (Wildman–Crippen MR) is 106 cm³/mol. The number of alkyl halides is 3. The van der Waals surface area contributed by atoms with Gasteiger partial charge in [-0.05, 0) is 81.6 Å². The summed E-state index contributed by atoms with van der Waals surface area (Å²) in [5, 5.41) is 0. The molecule has 0 saturated heterocycles. The van der Waals surface area contributed by atoms with Crippen LogP contribution in [0.2, 0.25) is 0 Å². The molecule has 0 unspecified atom stereocenters. The molecule has 156 valence electrons. The molecule has 0 N–H and O–H groups in total. The van der Waals surface area contributed by atoms with E-state index in [1.54, 1.807) is 0 Å². The lowest BCUT2D eigenvalue weighted by Crippen LogP contribution is -2.26. The third kappa shape index (κ3) is 6.35. The molecule has 0 nitrogen and oxygen atoms in total. The number of benzene rings is 1. The monoisotopic (exact) mass is 396 g/mol. The van der Waals surface area contributed by atoms with E-state index in [4.69, 9.17) is 0 Å². The number of hydrogen-bond acceptors (Lipinski definition) is 0. The van der Waals surface area contributed by atoms with E-state index in [1.165, 1.54) is 43.2 Å². The number of allylic oxidation sites excluding steroid dienone is 2. The van der Waals surface area contributed by atoms with Crippen LogP contribution in [0.5, 0.6) is 0 Å². The minimum Gasteiger partial charge on any atom is -0.212 e. The van der Waals surface area contributed by atoms with E-state index in [1.807, 2.05) is 0 Å². The molecular weight excluding hydrogens is 364 g/mol. The Balaban J connectivity index is 1.39. The molecule has 1 aromatic carbocycles. The quantitative estimate of drug-likeness (QED) is 0.443. The molecule has 2 aliphatic rings. The summed E-state index contributed by atoms with van der Waals surface area (Å²) in [5.74, 6) is 0.565. The first-order chi connectivity index (χ1) is 13.3. The molecule has 0 bridgehead atoms. The van der Waals surface area contributed by atoms with E-state index in [0.717, 1.165) is 25.2 Å². The molecule has 1 aromatic rings. The molecule has 4 heteroatoms. The van der Waals surface area contributed by atoms with Gasteiger partial charge in [-0.1, -0.05) is 42.7 Å². The molecule has 0 radical (unpaired) electrons. The zero-order valence-electron chi connectivity index (χ0n) is 16.8. The summed E-state index contributed by atoms with van der Waals surface area (Å²) in [4.78, 5) is 0. The molecule has 0 spiro atoms. The maximum absolute atomic E-state index is 13.8. The van der Waals surface area contributed by atoms with Crippen molar-refractivity contribution >= 4 is 0 Å². The largest absolute Gasteiger partial charge is 0.412 e. The summed E-state index contributed by atoms with van der Waals surface area (Å²) in [6.45, 7) is 2.11. The van der Waals surface area contributed by atoms with Crippen molar-refractivity contribution in [2.24, 2.45) is 23.7 Å². The van der Waals surface area contributed by atoms with Gasteiger partial charge in [0.25, 0.3) is 0 Å². The van der Waals surface area contributed by atoms with Gasteiger partial charge >= 0.3 is 6.18 Å². The Bertz CT molecular complexity index is 628. The number of aryl methyl sites for hydroxylation is 2. The Morgan fingerprint density at radius 2 is 1.43 bits per heavy atom. The highest BCUT2D eigenvalue weighted by molar-refractivity contribution is 5.21. The molecule has 2 saturated carbocycles. The molecule has 0 heterocycles. The van der Waals surface area contributed by atoms with Crippen molar-refractivity contribution in [2.45, 2.75) is 77.3 Å². The van der Waals surface area contributed by atoms with Crippen molar-refractivity contribution in [1.29, 1.82) is 0 Å². The van der Waals surface area contributed by atoms with Gasteiger partial charge in [-0.2, -0.15) is 13.2 Å². The molecule has 0 aliphatic heterocycles. The lowest BCUT2D eigenvalue weighted by molar-refractivity contribution is -0.0821. The molecule has 2 fully saturated rings. The van der Waals surface area contributed by atoms with E-state index < -0.39 is 17.9 Å². The summed E-state index contributed by atoms with van der Waals surface area (Å²) in [5.41, 5.74) is 2.72. The first-order valence-corrected chi connectivity index (χ1v) is 10.8. The average Bonchev–Trinajstić information content (AvgIpc) is 2.67. The predicted octanol–water partition coefficient (Wildman–Crippen LogP) is 7.96. The van der Waals surface area contributed by atoms with Crippen molar-refractivity contribution in [1.82, 2.24) is 0 Å². The lowest BCUT2D eigenvalue weighted by Gasteiger charge is -2.37. The zero-order valence-corrected chi connectivity index (χ0v) is 16.8. The highest BCUT2D eigenvalue weighted by atomic mass is 19.4. The summed E-state index contributed by atoms with van der Waals surface area (Å²) in [6.07, 6.45) is 5.58. The fourth-order valence-electron chi connectivity index (χ4n) is 5.21. The Morgan fingerprint density at radius 1 is 0.893 bits per heavy atom. The van der Waals surface area contributed by atoms with E-state index in [9.17, 15) is 17.6 Å². The van der Waals surface area contributed by atoms with Gasteiger partial charge in [0, 0.05) is 5.92 Å². The Labute approximate surface area is 166 Å². The third-order valence-electron chi connectivity index (χ3n) is 6.98. The normalized spacial score (nSPS) is 29.7. The van der Waals surface area contributed by atoms with Crippen LogP contribution in [-0.2, 0) is 6.42 Å². The molecule has 0 amide bonds. The van der Waals surface area contributed by atoms with E-state index in [0.29, 0.717) is 24.7 Å². The van der Waals surface area contributed by atoms with Crippen LogP contribution in [0.3, 0.4) is 0 Å². The molecule has 0 atom stereocenters. The standard InChI is InChI=1S/C24H32F4/c1-17-2-4-18(5-3-17)6-7-19-8-10-20(11-9-19)21-12-14-22(15-13-21)23(25)16-24(26,27)28/h2-5,16,19-22H,6-15H2,1H3/b23-16-. The maximum Gasteiger partial charge on any atom is 0.412 e. The number of halogens is 4. The maximum atomic E-state index is 13.8. The topological polar surface area (TPSA) is 0 Å². The van der Waals surface area contributed by atoms with Gasteiger partial charge in [0.05, 0.1) is 6.08 Å². The smallest absolute Gasteiger partial charge is 0.212 e. The summed E-state index contributed by atoms with van der Waals surface area (Å²) >= 11 is 0. The molecule has 2 aliphatic carbocycles. The average molecular weight is 397 g/mol. The van der Waals surface area contributed by atoms with Gasteiger partial charge < -0.3 is 0 Å². The van der Waals surface area contributed by atoms with Gasteiger partial charge in [-0.3, -0.25) is 0 Å². The zero-order chi connectivity index (χ0) is 20.1. The summed E-state index contributed by atoms with van der Waals surface area (Å²) in [7, 11) is 0. The van der Waals surface area contributed by atoms with Crippen LogP contribution in [-0.4, -0.2) is 6.18 Å². The van der Waals surface area contributed by atoms with Crippen molar-refractivity contribution < 1.29 is 17.6 Å². The minimum atomic E-state index is -4.54. The highest BCUT2D eigenvalue weighted by Crippen LogP contribution is 2.44. The third-order valence-corrected chi connectivity index (χ3v) is 6.98. The Kier molecular flexibility index (Phi) is 7.22. The van der Waals surface area contributed by atoms with Gasteiger partial charge in [0.2, 0.25) is 0 Å². The van der Waals surface area contributed by atoms with E-state index in [2.05, 4.69) is 31.2 Å². The van der Waals surface area contributed by atoms with Crippen LogP contribution >= 0.6 is 0 Å². The van der Waals surface area contributed by atoms with Crippen molar-refractivity contribution in [3.8, 4) is 0 Å². The number of rotatable bonds is 5. The van der Waals surface area contributed by atoms with Crippen LogP contribution in [0, 0.1) is 30.6 Å². The molecular formula is C24H32F4. The van der Waals surface area contributed by atoms with Crippen LogP contribution in [0.25, 0.3) is 0 Å². The first kappa shape index (κ1) is 21.4. The first-order valence-electron chi connectivity index (χ1n) is 10.8. The summed E-state index contributed by atoms with van der Waals surface area (Å²) < 4.78 is 50.8. The minimum absolute atomic E-state index is 0.142. The van der Waals surface area contributed by atoms with E-state index in [-0.39, 0.29) is 6.08 Å². The van der Waals surface area contributed by atoms with Crippen LogP contribution < -0.4 is 0 Å². The fourth-order valence-corrected chi connectivity index (χ4v) is 5.21.